The maximum absolute atomic E-state index is 10.7. The smallest absolute Gasteiger partial charge is 0.193 e. The molecular formula is C24H42O4Si. The number of fused-ring (bicyclic) bond motifs is 2. The number of hydrogen-bond acceptors (Lipinski definition) is 4. The summed E-state index contributed by atoms with van der Waals surface area (Å²) in [5.41, 5.74) is 0. The molecule has 0 amide bonds. The lowest BCUT2D eigenvalue weighted by Crippen LogP contribution is -2.60. The Balaban J connectivity index is 1.71. The summed E-state index contributed by atoms with van der Waals surface area (Å²) in [6.45, 7) is 15.1. The van der Waals surface area contributed by atoms with Crippen LogP contribution in [0.3, 0.4) is 0 Å². The summed E-state index contributed by atoms with van der Waals surface area (Å²) < 4.78 is 18.6. The average molecular weight is 423 g/mol. The zero-order valence-corrected chi connectivity index (χ0v) is 20.4. The Labute approximate surface area is 179 Å². The lowest BCUT2D eigenvalue weighted by molar-refractivity contribution is -0.296. The van der Waals surface area contributed by atoms with Gasteiger partial charge in [-0.3, -0.25) is 0 Å². The summed E-state index contributed by atoms with van der Waals surface area (Å²) in [7, 11) is -1.88. The zero-order chi connectivity index (χ0) is 21.3. The van der Waals surface area contributed by atoms with Gasteiger partial charge in [0.1, 0.15) is 6.10 Å². The number of aliphatic hydroxyl groups is 1. The van der Waals surface area contributed by atoms with Crippen molar-refractivity contribution in [3.63, 3.8) is 0 Å². The number of unbranched alkanes of at least 4 members (excludes halogenated alkanes) is 2. The van der Waals surface area contributed by atoms with Crippen molar-refractivity contribution >= 4 is 8.32 Å². The average Bonchev–Trinajstić information content (AvgIpc) is 3.11. The van der Waals surface area contributed by atoms with Crippen molar-refractivity contribution in [1.82, 2.24) is 0 Å². The highest BCUT2D eigenvalue weighted by molar-refractivity contribution is 6.74. The van der Waals surface area contributed by atoms with E-state index in [0.717, 1.165) is 32.1 Å². The fourth-order valence-corrected chi connectivity index (χ4v) is 6.12. The Kier molecular flexibility index (Phi) is 7.23. The van der Waals surface area contributed by atoms with Crippen LogP contribution in [0.1, 0.15) is 72.6 Å². The topological polar surface area (TPSA) is 47.9 Å². The highest BCUT2D eigenvalue weighted by Crippen LogP contribution is 2.57. The normalized spacial score (nSPS) is 32.2. The van der Waals surface area contributed by atoms with E-state index in [0.29, 0.717) is 25.0 Å². The molecule has 4 nitrogen and oxygen atoms in total. The van der Waals surface area contributed by atoms with E-state index in [1.807, 2.05) is 0 Å². The van der Waals surface area contributed by atoms with Crippen LogP contribution in [0, 0.1) is 29.6 Å². The van der Waals surface area contributed by atoms with Gasteiger partial charge >= 0.3 is 0 Å². The van der Waals surface area contributed by atoms with Gasteiger partial charge in [-0.15, -0.1) is 0 Å². The van der Waals surface area contributed by atoms with Gasteiger partial charge in [-0.05, 0) is 49.7 Å². The third kappa shape index (κ3) is 4.93. The van der Waals surface area contributed by atoms with E-state index < -0.39 is 8.32 Å². The molecule has 166 valence electrons. The lowest BCUT2D eigenvalue weighted by Gasteiger charge is -2.56. The minimum absolute atomic E-state index is 0.0175. The number of hydrogen-bond donors (Lipinski definition) is 1. The van der Waals surface area contributed by atoms with E-state index in [4.69, 9.17) is 13.9 Å². The molecule has 29 heavy (non-hydrogen) atoms. The van der Waals surface area contributed by atoms with Gasteiger partial charge < -0.3 is 19.0 Å². The van der Waals surface area contributed by atoms with Gasteiger partial charge in [-0.25, -0.2) is 0 Å². The molecule has 0 unspecified atom stereocenters. The van der Waals surface area contributed by atoms with Crippen molar-refractivity contribution in [2.24, 2.45) is 17.8 Å². The SMILES string of the molecule is CCCCC[C@@H](C#C[C@H]1[C@@H]2CC3(OCCO3)[C@@H]2CC[C@@H]1O)O[Si](C)(C)C(C)(C)C. The van der Waals surface area contributed by atoms with Crippen molar-refractivity contribution in [2.45, 2.75) is 109 Å². The number of rotatable bonds is 6. The zero-order valence-electron chi connectivity index (χ0n) is 19.4. The predicted molar refractivity (Wildman–Crippen MR) is 119 cm³/mol. The largest absolute Gasteiger partial charge is 0.403 e. The Morgan fingerprint density at radius 3 is 2.48 bits per heavy atom. The molecule has 0 aromatic heterocycles. The van der Waals surface area contributed by atoms with Crippen LogP contribution in [0.15, 0.2) is 0 Å². The Morgan fingerprint density at radius 2 is 1.86 bits per heavy atom. The van der Waals surface area contributed by atoms with Gasteiger partial charge in [0.25, 0.3) is 0 Å². The summed E-state index contributed by atoms with van der Waals surface area (Å²) in [5.74, 6) is 7.40. The second kappa shape index (κ2) is 9.00. The van der Waals surface area contributed by atoms with Crippen LogP contribution in [0.2, 0.25) is 18.1 Å². The summed E-state index contributed by atoms with van der Waals surface area (Å²) in [6.07, 6.45) is 6.82. The molecule has 1 heterocycles. The Bertz CT molecular complexity index is 609. The molecule has 5 heteroatoms. The van der Waals surface area contributed by atoms with Crippen LogP contribution < -0.4 is 0 Å². The quantitative estimate of drug-likeness (QED) is 0.367. The monoisotopic (exact) mass is 422 g/mol. The van der Waals surface area contributed by atoms with Crippen molar-refractivity contribution in [2.75, 3.05) is 13.2 Å². The second-order valence-electron chi connectivity index (χ2n) is 10.8. The Morgan fingerprint density at radius 1 is 1.17 bits per heavy atom. The van der Waals surface area contributed by atoms with Gasteiger partial charge in [-0.2, -0.15) is 0 Å². The molecule has 1 aliphatic heterocycles. The van der Waals surface area contributed by atoms with Crippen LogP contribution in [0.5, 0.6) is 0 Å². The fraction of sp³-hybridized carbons (Fsp3) is 0.917. The van der Waals surface area contributed by atoms with Crippen LogP contribution in [-0.2, 0) is 13.9 Å². The summed E-state index contributed by atoms with van der Waals surface area (Å²) in [4.78, 5) is 0. The third-order valence-corrected chi connectivity index (χ3v) is 12.2. The van der Waals surface area contributed by atoms with E-state index in [1.165, 1.54) is 12.8 Å². The minimum atomic E-state index is -1.88. The molecule has 2 aliphatic carbocycles. The summed E-state index contributed by atoms with van der Waals surface area (Å²) in [6, 6.07) is 0. The maximum atomic E-state index is 10.7. The molecule has 3 aliphatic rings. The molecule has 0 aromatic rings. The van der Waals surface area contributed by atoms with Crippen molar-refractivity contribution in [3.05, 3.63) is 0 Å². The predicted octanol–water partition coefficient (Wildman–Crippen LogP) is 5.11. The lowest BCUT2D eigenvalue weighted by atomic mass is 9.56. The summed E-state index contributed by atoms with van der Waals surface area (Å²) in [5, 5.41) is 10.9. The number of aliphatic hydroxyl groups excluding tert-OH is 1. The van der Waals surface area contributed by atoms with Crippen molar-refractivity contribution < 1.29 is 19.0 Å². The summed E-state index contributed by atoms with van der Waals surface area (Å²) >= 11 is 0. The fourth-order valence-electron chi connectivity index (χ4n) is 4.88. The maximum Gasteiger partial charge on any atom is 0.193 e. The molecule has 3 rings (SSSR count). The van der Waals surface area contributed by atoms with Crippen molar-refractivity contribution in [3.8, 4) is 11.8 Å². The van der Waals surface area contributed by atoms with E-state index in [-0.39, 0.29) is 29.0 Å². The first-order valence-corrected chi connectivity index (χ1v) is 14.7. The van der Waals surface area contributed by atoms with E-state index >= 15 is 0 Å². The molecule has 0 aromatic carbocycles. The molecule has 1 saturated heterocycles. The van der Waals surface area contributed by atoms with Gasteiger partial charge in [0, 0.05) is 18.3 Å². The third-order valence-electron chi connectivity index (χ3n) is 7.75. The van der Waals surface area contributed by atoms with Crippen LogP contribution >= 0.6 is 0 Å². The molecular weight excluding hydrogens is 380 g/mol. The molecule has 0 bridgehead atoms. The highest BCUT2D eigenvalue weighted by Gasteiger charge is 2.62. The number of ether oxygens (including phenoxy) is 2. The first-order chi connectivity index (χ1) is 13.6. The van der Waals surface area contributed by atoms with Gasteiger partial charge in [0.2, 0.25) is 0 Å². The first-order valence-electron chi connectivity index (χ1n) is 11.7. The van der Waals surface area contributed by atoms with E-state index in [2.05, 4.69) is 52.6 Å². The van der Waals surface area contributed by atoms with Gasteiger partial charge in [-0.1, -0.05) is 52.4 Å². The van der Waals surface area contributed by atoms with Crippen LogP contribution in [-0.4, -0.2) is 44.6 Å². The van der Waals surface area contributed by atoms with E-state index in [1.54, 1.807) is 0 Å². The van der Waals surface area contributed by atoms with Gasteiger partial charge in [0.05, 0.1) is 19.3 Å². The molecule has 0 radical (unpaired) electrons. The molecule has 1 spiro atoms. The van der Waals surface area contributed by atoms with Gasteiger partial charge in [0.15, 0.2) is 14.1 Å². The highest BCUT2D eigenvalue weighted by atomic mass is 28.4. The van der Waals surface area contributed by atoms with Crippen LogP contribution in [0.25, 0.3) is 0 Å². The van der Waals surface area contributed by atoms with E-state index in [9.17, 15) is 5.11 Å². The molecule has 1 N–H and O–H groups in total. The van der Waals surface area contributed by atoms with Crippen molar-refractivity contribution in [1.29, 1.82) is 0 Å². The second-order valence-corrected chi connectivity index (χ2v) is 15.6. The molecule has 5 atom stereocenters. The minimum Gasteiger partial charge on any atom is -0.403 e. The van der Waals surface area contributed by atoms with Crippen LogP contribution in [0.4, 0.5) is 0 Å². The Hall–Kier alpha value is -0.383. The standard InChI is InChI=1S/C24H42O4Si/c1-7-8-9-10-18(28-29(5,6)23(2,3)4)11-12-19-20-17-24(26-15-16-27-24)21(20)13-14-22(19)25/h18-22,25H,7-10,13-17H2,1-6H3/t18-,19-,20-,21+,22-/m0/s1. The molecule has 2 saturated carbocycles. The molecule has 3 fully saturated rings. The first kappa shape index (κ1) is 23.3.